The molecule has 2 rings (SSSR count). The quantitative estimate of drug-likeness (QED) is 0.700. The zero-order valence-corrected chi connectivity index (χ0v) is 12.7. The molecule has 21 heavy (non-hydrogen) atoms. The normalized spacial score (nSPS) is 13.3. The second-order valence-electron chi connectivity index (χ2n) is 4.42. The van der Waals surface area contributed by atoms with Gasteiger partial charge in [0.2, 0.25) is 0 Å². The fraction of sp³-hybridized carbons (Fsp3) is 0.143. The summed E-state index contributed by atoms with van der Waals surface area (Å²) in [5, 5.41) is 0.419. The Morgan fingerprint density at radius 2 is 1.71 bits per heavy atom. The number of rotatable bonds is 2. The number of halogens is 6. The van der Waals surface area contributed by atoms with Crippen molar-refractivity contribution in [2.24, 2.45) is 5.73 Å². The average molecular weight is 383 g/mol. The van der Waals surface area contributed by atoms with Crippen molar-refractivity contribution in [2.75, 3.05) is 0 Å². The molecule has 0 saturated heterocycles. The molecular formula is C14H9BrClF4N. The van der Waals surface area contributed by atoms with E-state index in [4.69, 9.17) is 17.3 Å². The van der Waals surface area contributed by atoms with Crippen LogP contribution in [-0.2, 0) is 6.18 Å². The average Bonchev–Trinajstić information content (AvgIpc) is 2.35. The first-order valence-corrected chi connectivity index (χ1v) is 6.94. The molecular weight excluding hydrogens is 374 g/mol. The van der Waals surface area contributed by atoms with E-state index in [0.29, 0.717) is 21.1 Å². The van der Waals surface area contributed by atoms with Gasteiger partial charge in [0, 0.05) is 9.50 Å². The van der Waals surface area contributed by atoms with Gasteiger partial charge in [0.05, 0.1) is 11.6 Å². The monoisotopic (exact) mass is 381 g/mol. The van der Waals surface area contributed by atoms with Crippen molar-refractivity contribution in [3.05, 3.63) is 68.4 Å². The number of benzene rings is 2. The number of alkyl halides is 3. The third kappa shape index (κ3) is 3.75. The van der Waals surface area contributed by atoms with E-state index in [1.807, 2.05) is 0 Å². The van der Waals surface area contributed by atoms with Gasteiger partial charge in [0.25, 0.3) is 0 Å². The molecule has 0 saturated carbocycles. The van der Waals surface area contributed by atoms with Crippen molar-refractivity contribution in [1.82, 2.24) is 0 Å². The van der Waals surface area contributed by atoms with E-state index in [1.165, 1.54) is 0 Å². The summed E-state index contributed by atoms with van der Waals surface area (Å²) in [6.45, 7) is 0. The molecule has 0 fully saturated rings. The Labute approximate surface area is 131 Å². The SMILES string of the molecule is NC(c1cc(Cl)cc(Br)c1)c1ccc(C(F)(F)F)c(F)c1. The van der Waals surface area contributed by atoms with Gasteiger partial charge >= 0.3 is 6.18 Å². The van der Waals surface area contributed by atoms with Gasteiger partial charge in [0.1, 0.15) is 5.82 Å². The Morgan fingerprint density at radius 1 is 1.05 bits per heavy atom. The molecule has 1 atom stereocenters. The molecule has 2 aromatic rings. The minimum Gasteiger partial charge on any atom is -0.320 e. The summed E-state index contributed by atoms with van der Waals surface area (Å²) >= 11 is 9.13. The summed E-state index contributed by atoms with van der Waals surface area (Å²) in [6.07, 6.45) is -4.73. The molecule has 1 nitrogen and oxygen atoms in total. The molecule has 0 radical (unpaired) electrons. The van der Waals surface area contributed by atoms with E-state index in [9.17, 15) is 17.6 Å². The Bertz CT molecular complexity index is 652. The van der Waals surface area contributed by atoms with E-state index in [-0.39, 0.29) is 5.56 Å². The van der Waals surface area contributed by atoms with Crippen LogP contribution in [0.5, 0.6) is 0 Å². The summed E-state index contributed by atoms with van der Waals surface area (Å²) in [5.74, 6) is -1.35. The second kappa shape index (κ2) is 5.94. The van der Waals surface area contributed by atoms with Crippen molar-refractivity contribution in [3.8, 4) is 0 Å². The molecule has 0 spiro atoms. The summed E-state index contributed by atoms with van der Waals surface area (Å²) in [7, 11) is 0. The Hall–Kier alpha value is -1.11. The molecule has 0 aliphatic carbocycles. The van der Waals surface area contributed by atoms with Crippen molar-refractivity contribution in [2.45, 2.75) is 12.2 Å². The fourth-order valence-corrected chi connectivity index (χ4v) is 2.79. The largest absolute Gasteiger partial charge is 0.419 e. The Balaban J connectivity index is 2.40. The highest BCUT2D eigenvalue weighted by molar-refractivity contribution is 9.10. The standard InChI is InChI=1S/C14H9BrClF4N/c15-9-3-8(4-10(16)6-9)13(21)7-1-2-11(12(17)5-7)14(18,19)20/h1-6,13H,21H2. The summed E-state index contributed by atoms with van der Waals surface area (Å²) in [6, 6.07) is 6.75. The molecule has 7 heteroatoms. The van der Waals surface area contributed by atoms with Crippen LogP contribution in [0.25, 0.3) is 0 Å². The van der Waals surface area contributed by atoms with Crippen molar-refractivity contribution in [3.63, 3.8) is 0 Å². The minimum absolute atomic E-state index is 0.231. The van der Waals surface area contributed by atoms with Gasteiger partial charge in [-0.1, -0.05) is 33.6 Å². The van der Waals surface area contributed by atoms with Crippen molar-refractivity contribution >= 4 is 27.5 Å². The molecule has 0 aliphatic heterocycles. The molecule has 0 amide bonds. The maximum absolute atomic E-state index is 13.6. The predicted octanol–water partition coefficient (Wildman–Crippen LogP) is 5.31. The second-order valence-corrected chi connectivity index (χ2v) is 5.77. The van der Waals surface area contributed by atoms with Crippen LogP contribution in [0.2, 0.25) is 5.02 Å². The van der Waals surface area contributed by atoms with Crippen LogP contribution in [0.4, 0.5) is 17.6 Å². The minimum atomic E-state index is -4.73. The van der Waals surface area contributed by atoms with E-state index in [1.54, 1.807) is 18.2 Å². The topological polar surface area (TPSA) is 26.0 Å². The highest BCUT2D eigenvalue weighted by Gasteiger charge is 2.34. The van der Waals surface area contributed by atoms with Crippen LogP contribution in [0.15, 0.2) is 40.9 Å². The van der Waals surface area contributed by atoms with Crippen molar-refractivity contribution < 1.29 is 17.6 Å². The summed E-state index contributed by atoms with van der Waals surface area (Å²) in [5.41, 5.74) is 5.44. The third-order valence-electron chi connectivity index (χ3n) is 2.90. The van der Waals surface area contributed by atoms with Gasteiger partial charge in [-0.3, -0.25) is 0 Å². The maximum atomic E-state index is 13.6. The lowest BCUT2D eigenvalue weighted by atomic mass is 9.98. The summed E-state index contributed by atoms with van der Waals surface area (Å²) < 4.78 is 51.8. The van der Waals surface area contributed by atoms with E-state index < -0.39 is 23.6 Å². The lowest BCUT2D eigenvalue weighted by Crippen LogP contribution is -2.14. The van der Waals surface area contributed by atoms with Crippen LogP contribution in [-0.4, -0.2) is 0 Å². The predicted molar refractivity (Wildman–Crippen MR) is 76.6 cm³/mol. The Morgan fingerprint density at radius 3 is 2.24 bits per heavy atom. The number of nitrogens with two attached hydrogens (primary N) is 1. The number of hydrogen-bond acceptors (Lipinski definition) is 1. The zero-order valence-electron chi connectivity index (χ0n) is 10.4. The van der Waals surface area contributed by atoms with Gasteiger partial charge in [0.15, 0.2) is 0 Å². The van der Waals surface area contributed by atoms with E-state index in [2.05, 4.69) is 15.9 Å². The van der Waals surface area contributed by atoms with Crippen LogP contribution < -0.4 is 5.73 Å². The smallest absolute Gasteiger partial charge is 0.320 e. The lowest BCUT2D eigenvalue weighted by molar-refractivity contribution is -0.140. The van der Waals surface area contributed by atoms with E-state index >= 15 is 0 Å². The van der Waals surface area contributed by atoms with Crippen LogP contribution in [0.1, 0.15) is 22.7 Å². The van der Waals surface area contributed by atoms with E-state index in [0.717, 1.165) is 12.1 Å². The molecule has 2 aromatic carbocycles. The van der Waals surface area contributed by atoms with Gasteiger partial charge in [-0.2, -0.15) is 13.2 Å². The molecule has 0 aromatic heterocycles. The molecule has 112 valence electrons. The highest BCUT2D eigenvalue weighted by Crippen LogP contribution is 2.33. The first kappa shape index (κ1) is 16.3. The first-order chi connectivity index (χ1) is 9.68. The molecule has 1 unspecified atom stereocenters. The fourth-order valence-electron chi connectivity index (χ4n) is 1.90. The zero-order chi connectivity index (χ0) is 15.8. The van der Waals surface area contributed by atoms with Crippen LogP contribution in [0.3, 0.4) is 0 Å². The Kier molecular flexibility index (Phi) is 4.60. The van der Waals surface area contributed by atoms with Gasteiger partial charge < -0.3 is 5.73 Å². The third-order valence-corrected chi connectivity index (χ3v) is 3.58. The summed E-state index contributed by atoms with van der Waals surface area (Å²) in [4.78, 5) is 0. The maximum Gasteiger partial charge on any atom is 0.419 e. The molecule has 2 N–H and O–H groups in total. The van der Waals surface area contributed by atoms with Gasteiger partial charge in [-0.05, 0) is 41.5 Å². The van der Waals surface area contributed by atoms with Crippen LogP contribution in [0, 0.1) is 5.82 Å². The van der Waals surface area contributed by atoms with Gasteiger partial charge in [-0.15, -0.1) is 0 Å². The lowest BCUT2D eigenvalue weighted by Gasteiger charge is -2.15. The first-order valence-electron chi connectivity index (χ1n) is 5.76. The number of hydrogen-bond donors (Lipinski definition) is 1. The van der Waals surface area contributed by atoms with Gasteiger partial charge in [-0.25, -0.2) is 4.39 Å². The highest BCUT2D eigenvalue weighted by atomic mass is 79.9. The van der Waals surface area contributed by atoms with Crippen molar-refractivity contribution in [1.29, 1.82) is 0 Å². The molecule has 0 bridgehead atoms. The molecule has 0 heterocycles. The molecule has 0 aliphatic rings. The van der Waals surface area contributed by atoms with Crippen LogP contribution >= 0.6 is 27.5 Å².